The third-order valence-electron chi connectivity index (χ3n) is 3.30. The van der Waals surface area contributed by atoms with Crippen molar-refractivity contribution in [1.29, 1.82) is 0 Å². The summed E-state index contributed by atoms with van der Waals surface area (Å²) >= 11 is 6.08. The van der Waals surface area contributed by atoms with E-state index < -0.39 is 0 Å². The van der Waals surface area contributed by atoms with Crippen LogP contribution in [0.2, 0.25) is 5.15 Å². The molecule has 0 saturated carbocycles. The lowest BCUT2D eigenvalue weighted by molar-refractivity contribution is 0.702. The molecule has 90 valence electrons. The predicted octanol–water partition coefficient (Wildman–Crippen LogP) is 2.27. The average Bonchev–Trinajstić information content (AvgIpc) is 2.76. The zero-order valence-corrected chi connectivity index (χ0v) is 10.1. The van der Waals surface area contributed by atoms with E-state index in [1.165, 1.54) is 11.9 Å². The average molecular weight is 260 g/mol. The molecular weight excluding hydrogens is 250 g/mol. The Bertz CT molecular complexity index is 630. The molecule has 0 amide bonds. The van der Waals surface area contributed by atoms with Gasteiger partial charge in [0, 0.05) is 5.69 Å². The van der Waals surface area contributed by atoms with Gasteiger partial charge in [-0.2, -0.15) is 0 Å². The van der Waals surface area contributed by atoms with Gasteiger partial charge in [0.05, 0.1) is 6.54 Å². The minimum absolute atomic E-state index is 0.0101. The van der Waals surface area contributed by atoms with Gasteiger partial charge in [0.2, 0.25) is 0 Å². The van der Waals surface area contributed by atoms with Gasteiger partial charge >= 0.3 is 0 Å². The van der Waals surface area contributed by atoms with Gasteiger partial charge in [0.1, 0.15) is 12.0 Å². The van der Waals surface area contributed by atoms with E-state index in [1.54, 1.807) is 0 Å². The van der Waals surface area contributed by atoms with Gasteiger partial charge in [-0.3, -0.25) is 0 Å². The predicted molar refractivity (Wildman–Crippen MR) is 70.7 cm³/mol. The van der Waals surface area contributed by atoms with Crippen LogP contribution in [-0.2, 0) is 6.54 Å². The van der Waals surface area contributed by atoms with Crippen molar-refractivity contribution in [3.05, 3.63) is 41.3 Å². The largest absolute Gasteiger partial charge is 0.348 e. The number of hydrogen-bond donors (Lipinski definition) is 2. The Balaban J connectivity index is 1.80. The summed E-state index contributed by atoms with van der Waals surface area (Å²) in [6.45, 7) is 0.807. The van der Waals surface area contributed by atoms with E-state index in [4.69, 9.17) is 11.6 Å². The van der Waals surface area contributed by atoms with Crippen LogP contribution in [0.3, 0.4) is 0 Å². The highest BCUT2D eigenvalue weighted by Crippen LogP contribution is 2.40. The fourth-order valence-electron chi connectivity index (χ4n) is 2.44. The van der Waals surface area contributed by atoms with Crippen LogP contribution >= 0.6 is 11.6 Å². The summed E-state index contributed by atoms with van der Waals surface area (Å²) < 4.78 is 0. The van der Waals surface area contributed by atoms with Crippen LogP contribution in [-0.4, -0.2) is 16.3 Å². The molecule has 1 aromatic heterocycles. The van der Waals surface area contributed by atoms with Crippen LogP contribution in [0.1, 0.15) is 5.56 Å². The first-order valence-electron chi connectivity index (χ1n) is 5.71. The number of anilines is 3. The van der Waals surface area contributed by atoms with Crippen LogP contribution in [0.15, 0.2) is 30.6 Å². The molecule has 0 saturated heterocycles. The number of hydrogen-bond acceptors (Lipinski definition) is 5. The van der Waals surface area contributed by atoms with E-state index in [2.05, 4.69) is 37.6 Å². The number of rotatable bonds is 0. The maximum Gasteiger partial charge on any atom is 0.178 e. The molecular formula is C12H10ClN5. The summed E-state index contributed by atoms with van der Waals surface area (Å²) in [4.78, 5) is 10.4. The first-order chi connectivity index (χ1) is 8.83. The molecule has 2 N–H and O–H groups in total. The molecule has 0 fully saturated rings. The fraction of sp³-hybridized carbons (Fsp3) is 0.167. The highest BCUT2D eigenvalue weighted by molar-refractivity contribution is 6.32. The number of aromatic nitrogens is 2. The SMILES string of the molecule is Clc1ncnc2c1NC1Nc3ccccc3CN21. The van der Waals surface area contributed by atoms with E-state index in [-0.39, 0.29) is 6.29 Å². The second kappa shape index (κ2) is 3.49. The molecule has 18 heavy (non-hydrogen) atoms. The zero-order valence-electron chi connectivity index (χ0n) is 9.39. The third-order valence-corrected chi connectivity index (χ3v) is 3.58. The number of fused-ring (bicyclic) bond motifs is 4. The molecule has 2 aliphatic rings. The van der Waals surface area contributed by atoms with Gasteiger partial charge in [0.25, 0.3) is 0 Å². The molecule has 4 rings (SSSR count). The van der Waals surface area contributed by atoms with E-state index in [0.29, 0.717) is 5.15 Å². The standard InChI is InChI=1S/C12H10ClN5/c13-10-9-11(15-6-14-10)18-5-7-3-1-2-4-8(7)16-12(18)17-9/h1-4,6,12,16-17H,5H2. The number of halogens is 1. The van der Waals surface area contributed by atoms with E-state index in [0.717, 1.165) is 23.7 Å². The first-order valence-corrected chi connectivity index (χ1v) is 6.09. The second-order valence-corrected chi connectivity index (χ2v) is 4.70. The zero-order chi connectivity index (χ0) is 12.1. The number of benzene rings is 1. The first kappa shape index (κ1) is 9.96. The molecule has 1 unspecified atom stereocenters. The maximum atomic E-state index is 6.08. The lowest BCUT2D eigenvalue weighted by atomic mass is 10.1. The lowest BCUT2D eigenvalue weighted by Crippen LogP contribution is -2.45. The van der Waals surface area contributed by atoms with Crippen LogP contribution < -0.4 is 15.5 Å². The third kappa shape index (κ3) is 1.28. The Labute approximate surface area is 109 Å². The monoisotopic (exact) mass is 259 g/mol. The molecule has 2 aliphatic heterocycles. The van der Waals surface area contributed by atoms with Gasteiger partial charge in [-0.15, -0.1) is 0 Å². The number of nitrogens with zero attached hydrogens (tertiary/aromatic N) is 3. The van der Waals surface area contributed by atoms with Crippen molar-refractivity contribution in [3.63, 3.8) is 0 Å². The summed E-state index contributed by atoms with van der Waals surface area (Å²) in [5.41, 5.74) is 3.19. The molecule has 2 aromatic rings. The Morgan fingerprint density at radius 3 is 3.06 bits per heavy atom. The van der Waals surface area contributed by atoms with Gasteiger partial charge in [0.15, 0.2) is 17.3 Å². The summed E-state index contributed by atoms with van der Waals surface area (Å²) in [5, 5.41) is 7.18. The van der Waals surface area contributed by atoms with Gasteiger partial charge in [-0.1, -0.05) is 29.8 Å². The Morgan fingerprint density at radius 2 is 2.11 bits per heavy atom. The number of para-hydroxylation sites is 1. The molecule has 0 radical (unpaired) electrons. The topological polar surface area (TPSA) is 53.1 Å². The van der Waals surface area contributed by atoms with Gasteiger partial charge in [-0.25, -0.2) is 9.97 Å². The minimum Gasteiger partial charge on any atom is -0.348 e. The molecule has 6 heteroatoms. The molecule has 1 aromatic carbocycles. The quantitative estimate of drug-likeness (QED) is 0.711. The molecule has 0 bridgehead atoms. The summed E-state index contributed by atoms with van der Waals surface area (Å²) in [5.74, 6) is 0.849. The van der Waals surface area contributed by atoms with Crippen LogP contribution in [0, 0.1) is 0 Å². The molecule has 0 spiro atoms. The smallest absolute Gasteiger partial charge is 0.178 e. The highest BCUT2D eigenvalue weighted by atomic mass is 35.5. The fourth-order valence-corrected chi connectivity index (χ4v) is 2.63. The van der Waals surface area contributed by atoms with Crippen molar-refractivity contribution in [2.75, 3.05) is 15.5 Å². The second-order valence-electron chi connectivity index (χ2n) is 4.34. The van der Waals surface area contributed by atoms with Crippen molar-refractivity contribution >= 4 is 28.8 Å². The Hall–Kier alpha value is -2.01. The van der Waals surface area contributed by atoms with Crippen molar-refractivity contribution in [1.82, 2.24) is 9.97 Å². The van der Waals surface area contributed by atoms with Gasteiger partial charge in [-0.05, 0) is 11.6 Å². The molecule has 1 atom stereocenters. The van der Waals surface area contributed by atoms with E-state index in [9.17, 15) is 0 Å². The van der Waals surface area contributed by atoms with Crippen LogP contribution in [0.25, 0.3) is 0 Å². The van der Waals surface area contributed by atoms with Gasteiger partial charge < -0.3 is 15.5 Å². The Morgan fingerprint density at radius 1 is 1.22 bits per heavy atom. The lowest BCUT2D eigenvalue weighted by Gasteiger charge is -2.33. The van der Waals surface area contributed by atoms with Crippen molar-refractivity contribution in [2.24, 2.45) is 0 Å². The summed E-state index contributed by atoms with van der Waals surface area (Å²) in [6, 6.07) is 8.25. The summed E-state index contributed by atoms with van der Waals surface area (Å²) in [7, 11) is 0. The normalized spacial score (nSPS) is 19.4. The Kier molecular flexibility index (Phi) is 1.93. The highest BCUT2D eigenvalue weighted by Gasteiger charge is 2.35. The molecule has 3 heterocycles. The summed E-state index contributed by atoms with van der Waals surface area (Å²) in [6.07, 6.45) is 1.48. The number of nitrogens with one attached hydrogen (secondary N) is 2. The van der Waals surface area contributed by atoms with Crippen LogP contribution in [0.4, 0.5) is 17.2 Å². The van der Waals surface area contributed by atoms with Crippen molar-refractivity contribution < 1.29 is 0 Å². The molecule has 5 nitrogen and oxygen atoms in total. The van der Waals surface area contributed by atoms with Crippen LogP contribution in [0.5, 0.6) is 0 Å². The van der Waals surface area contributed by atoms with E-state index in [1.807, 2.05) is 12.1 Å². The maximum absolute atomic E-state index is 6.08. The minimum atomic E-state index is -0.0101. The van der Waals surface area contributed by atoms with Crippen molar-refractivity contribution in [3.8, 4) is 0 Å². The molecule has 0 aliphatic carbocycles. The van der Waals surface area contributed by atoms with Crippen molar-refractivity contribution in [2.45, 2.75) is 12.8 Å². The van der Waals surface area contributed by atoms with E-state index >= 15 is 0 Å².